The monoisotopic (exact) mass is 850 g/mol. The van der Waals surface area contributed by atoms with E-state index in [1.54, 1.807) is 0 Å². The fraction of sp³-hybridized carbons (Fsp3) is 0.0508. The molecule has 9 aromatic carbocycles. The van der Waals surface area contributed by atoms with Crippen LogP contribution in [0.5, 0.6) is 0 Å². The summed E-state index contributed by atoms with van der Waals surface area (Å²) in [6, 6.07) is 67.7. The van der Waals surface area contributed by atoms with Gasteiger partial charge in [0.15, 0.2) is 5.84 Å². The fourth-order valence-electron chi connectivity index (χ4n) is 10.6. The normalized spacial score (nSPS) is 15.7. The number of nitrogens with zero attached hydrogens (tertiary/aromatic N) is 4. The summed E-state index contributed by atoms with van der Waals surface area (Å²) >= 11 is 1.82. The van der Waals surface area contributed by atoms with E-state index in [1.807, 2.05) is 11.3 Å². The van der Waals surface area contributed by atoms with Crippen LogP contribution in [0, 0.1) is 5.92 Å². The molecule has 0 aliphatic carbocycles. The number of amidine groups is 1. The number of aromatic nitrogens is 2. The van der Waals surface area contributed by atoms with Crippen molar-refractivity contribution in [2.24, 2.45) is 15.9 Å². The third kappa shape index (κ3) is 5.38. The molecule has 0 amide bonds. The molecule has 1 aliphatic rings. The Balaban J connectivity index is 1.11. The molecular weight excluding hydrogens is 813 g/mol. The molecule has 306 valence electrons. The first-order valence-electron chi connectivity index (χ1n) is 22.3. The first kappa shape index (κ1) is 36.4. The third-order valence-electron chi connectivity index (χ3n) is 13.6. The number of furan rings is 1. The molecule has 13 aromatic rings. The highest BCUT2D eigenvalue weighted by atomic mass is 32.1. The lowest BCUT2D eigenvalue weighted by atomic mass is 9.98. The van der Waals surface area contributed by atoms with Crippen molar-refractivity contribution in [2.45, 2.75) is 13.3 Å². The summed E-state index contributed by atoms with van der Waals surface area (Å²) in [5.74, 6) is 1.68. The summed E-state index contributed by atoms with van der Waals surface area (Å²) < 4.78 is 14.0. The highest BCUT2D eigenvalue weighted by Crippen LogP contribution is 2.45. The minimum atomic E-state index is 0.0228. The number of benzene rings is 9. The average Bonchev–Trinajstić information content (AvgIpc) is 4.10. The first-order valence-corrected chi connectivity index (χ1v) is 23.1. The molecule has 1 unspecified atom stereocenters. The Bertz CT molecular complexity index is 4190. The Labute approximate surface area is 377 Å². The van der Waals surface area contributed by atoms with Crippen LogP contribution in [-0.4, -0.2) is 20.8 Å². The molecular formula is C59H38N4OS. The van der Waals surface area contributed by atoms with Crippen LogP contribution in [-0.2, 0) is 0 Å². The third-order valence-corrected chi connectivity index (χ3v) is 14.7. The standard InChI is InChI=1S/C59H38N4OS/c1-35-29-31-46(41-30-32-52-56(42-20-7-12-26-51(42)64-52)57(41)62-47-23-9-6-19-40(47)45-33-36-15-2-3-16-37(36)34-50(45)62)60-58(44-22-14-28-54-55(44)43-21-8-13-27-53(43)65-54)61-59(35)63-48-24-10-4-17-38(48)39-18-5-11-25-49(39)63/h2-28,30-35H,29H2,1H3/b46-31+,60-58?,61-59?. The van der Waals surface area contributed by atoms with E-state index in [-0.39, 0.29) is 5.92 Å². The van der Waals surface area contributed by atoms with Crippen molar-refractivity contribution in [1.82, 2.24) is 9.13 Å². The molecule has 0 radical (unpaired) electrons. The lowest BCUT2D eigenvalue weighted by Gasteiger charge is -2.22. The topological polar surface area (TPSA) is 47.7 Å². The van der Waals surface area contributed by atoms with Gasteiger partial charge in [-0.25, -0.2) is 9.98 Å². The van der Waals surface area contributed by atoms with E-state index in [4.69, 9.17) is 14.4 Å². The summed E-state index contributed by atoms with van der Waals surface area (Å²) in [7, 11) is 0. The smallest absolute Gasteiger partial charge is 0.162 e. The number of allylic oxidation sites excluding steroid dienone is 1. The molecule has 0 N–H and O–H groups in total. The molecule has 0 saturated heterocycles. The van der Waals surface area contributed by atoms with Gasteiger partial charge in [0.1, 0.15) is 17.0 Å². The van der Waals surface area contributed by atoms with E-state index in [0.717, 1.165) is 78.8 Å². The summed E-state index contributed by atoms with van der Waals surface area (Å²) in [4.78, 5) is 11.7. The van der Waals surface area contributed by atoms with E-state index in [9.17, 15) is 0 Å². The second-order valence-electron chi connectivity index (χ2n) is 17.3. The van der Waals surface area contributed by atoms with Gasteiger partial charge in [0.05, 0.1) is 38.8 Å². The van der Waals surface area contributed by atoms with E-state index in [2.05, 4.69) is 210 Å². The molecule has 0 fully saturated rings. The van der Waals surface area contributed by atoms with Crippen LogP contribution >= 0.6 is 11.3 Å². The van der Waals surface area contributed by atoms with Gasteiger partial charge in [0, 0.05) is 64.1 Å². The minimum Gasteiger partial charge on any atom is -0.456 e. The zero-order valence-electron chi connectivity index (χ0n) is 35.4. The van der Waals surface area contributed by atoms with Gasteiger partial charge in [0.2, 0.25) is 0 Å². The van der Waals surface area contributed by atoms with Crippen LogP contribution in [0.25, 0.3) is 108 Å². The molecule has 0 spiro atoms. The molecule has 0 saturated carbocycles. The molecule has 6 heteroatoms. The van der Waals surface area contributed by atoms with Crippen LogP contribution < -0.4 is 0 Å². The SMILES string of the molecule is CC1C/C=C(\c2ccc3oc4ccccc4c3c2-n2c3ccccc3c3cc4ccccc4cc32)N=C(c2cccc3sc4ccccc4c23)N=C1n1c2ccccc2c2ccccc21. The second kappa shape index (κ2) is 14.0. The van der Waals surface area contributed by atoms with Gasteiger partial charge >= 0.3 is 0 Å². The largest absolute Gasteiger partial charge is 0.456 e. The Kier molecular flexibility index (Phi) is 7.83. The number of para-hydroxylation sites is 4. The fourth-order valence-corrected chi connectivity index (χ4v) is 11.8. The van der Waals surface area contributed by atoms with Gasteiger partial charge in [-0.1, -0.05) is 140 Å². The maximum Gasteiger partial charge on any atom is 0.162 e. The summed E-state index contributed by atoms with van der Waals surface area (Å²) in [5.41, 5.74) is 10.2. The maximum atomic E-state index is 6.69. The van der Waals surface area contributed by atoms with E-state index in [1.165, 1.54) is 52.5 Å². The molecule has 4 aromatic heterocycles. The van der Waals surface area contributed by atoms with Crippen molar-refractivity contribution in [3.05, 3.63) is 205 Å². The Morgan fingerprint density at radius 3 is 1.86 bits per heavy atom. The molecule has 65 heavy (non-hydrogen) atoms. The predicted molar refractivity (Wildman–Crippen MR) is 275 cm³/mol. The number of hydrogen-bond acceptors (Lipinski definition) is 4. The van der Waals surface area contributed by atoms with Gasteiger partial charge in [-0.2, -0.15) is 0 Å². The van der Waals surface area contributed by atoms with Gasteiger partial charge < -0.3 is 8.98 Å². The van der Waals surface area contributed by atoms with Crippen LogP contribution in [0.2, 0.25) is 0 Å². The quantitative estimate of drug-likeness (QED) is 0.175. The van der Waals surface area contributed by atoms with Crippen molar-refractivity contribution in [3.8, 4) is 5.69 Å². The first-order chi connectivity index (χ1) is 32.2. The number of fused-ring (bicyclic) bond motifs is 13. The van der Waals surface area contributed by atoms with Gasteiger partial charge in [0.25, 0.3) is 0 Å². The number of aliphatic imine (C=N–C) groups is 2. The van der Waals surface area contributed by atoms with Crippen LogP contribution in [0.1, 0.15) is 24.5 Å². The molecule has 5 heterocycles. The van der Waals surface area contributed by atoms with Gasteiger partial charge in [-0.15, -0.1) is 11.3 Å². The Morgan fingerprint density at radius 1 is 0.477 bits per heavy atom. The molecule has 1 atom stereocenters. The minimum absolute atomic E-state index is 0.0228. The van der Waals surface area contributed by atoms with Gasteiger partial charge in [-0.3, -0.25) is 4.57 Å². The van der Waals surface area contributed by atoms with Crippen molar-refractivity contribution in [1.29, 1.82) is 0 Å². The highest BCUT2D eigenvalue weighted by Gasteiger charge is 2.27. The highest BCUT2D eigenvalue weighted by molar-refractivity contribution is 7.25. The maximum absolute atomic E-state index is 6.69. The zero-order valence-corrected chi connectivity index (χ0v) is 36.2. The summed E-state index contributed by atoms with van der Waals surface area (Å²) in [5, 5.41) is 11.7. The summed E-state index contributed by atoms with van der Waals surface area (Å²) in [6.45, 7) is 2.31. The van der Waals surface area contributed by atoms with E-state index in [0.29, 0.717) is 5.84 Å². The van der Waals surface area contributed by atoms with Gasteiger partial charge in [-0.05, 0) is 77.9 Å². The lowest BCUT2D eigenvalue weighted by Crippen LogP contribution is -2.23. The van der Waals surface area contributed by atoms with Crippen molar-refractivity contribution in [3.63, 3.8) is 0 Å². The van der Waals surface area contributed by atoms with Crippen molar-refractivity contribution < 1.29 is 4.42 Å². The van der Waals surface area contributed by atoms with Crippen LogP contribution in [0.15, 0.2) is 209 Å². The van der Waals surface area contributed by atoms with Crippen LogP contribution in [0.4, 0.5) is 0 Å². The molecule has 14 rings (SSSR count). The van der Waals surface area contributed by atoms with Crippen molar-refractivity contribution in [2.75, 3.05) is 0 Å². The van der Waals surface area contributed by atoms with E-state index < -0.39 is 0 Å². The number of thiophene rings is 1. The van der Waals surface area contributed by atoms with Crippen molar-refractivity contribution >= 4 is 125 Å². The zero-order chi connectivity index (χ0) is 42.8. The average molecular weight is 851 g/mol. The predicted octanol–water partition coefficient (Wildman–Crippen LogP) is 16.1. The second-order valence-corrected chi connectivity index (χ2v) is 18.4. The molecule has 5 nitrogen and oxygen atoms in total. The summed E-state index contributed by atoms with van der Waals surface area (Å²) in [6.07, 6.45) is 3.08. The lowest BCUT2D eigenvalue weighted by molar-refractivity contribution is 0.669. The molecule has 0 bridgehead atoms. The van der Waals surface area contributed by atoms with E-state index >= 15 is 0 Å². The Morgan fingerprint density at radius 2 is 1.09 bits per heavy atom. The number of rotatable bonds is 3. The Hall–Kier alpha value is -8.06. The molecule has 1 aliphatic heterocycles. The number of hydrogen-bond donors (Lipinski definition) is 0. The van der Waals surface area contributed by atoms with Crippen LogP contribution in [0.3, 0.4) is 0 Å².